The molecule has 0 amide bonds. The van der Waals surface area contributed by atoms with E-state index in [9.17, 15) is 14.0 Å². The molecule has 2 rings (SSSR count). The van der Waals surface area contributed by atoms with Crippen molar-refractivity contribution >= 4 is 27.5 Å². The highest BCUT2D eigenvalue weighted by Crippen LogP contribution is 2.18. The number of hydrogen-bond donors (Lipinski definition) is 0. The number of carbonyl (C=O) groups is 2. The second-order valence-corrected chi connectivity index (χ2v) is 4.50. The molecule has 0 aliphatic heterocycles. The first kappa shape index (κ1) is 12.6. The zero-order valence-electron chi connectivity index (χ0n) is 9.19. The van der Waals surface area contributed by atoms with E-state index in [1.165, 1.54) is 12.1 Å². The smallest absolute Gasteiger partial charge is 0.234 e. The van der Waals surface area contributed by atoms with Crippen LogP contribution in [0.25, 0.3) is 0 Å². The lowest BCUT2D eigenvalue weighted by molar-refractivity contribution is 0.0816. The fourth-order valence-corrected chi connectivity index (χ4v) is 1.96. The van der Waals surface area contributed by atoms with Gasteiger partial charge in [0.15, 0.2) is 0 Å². The van der Waals surface area contributed by atoms with Gasteiger partial charge < -0.3 is 0 Å². The van der Waals surface area contributed by atoms with Gasteiger partial charge in [-0.1, -0.05) is 28.1 Å². The predicted molar refractivity (Wildman–Crippen MR) is 69.2 cm³/mol. The molecule has 0 saturated heterocycles. The Labute approximate surface area is 112 Å². The Kier molecular flexibility index (Phi) is 3.67. The molecule has 0 aromatic heterocycles. The fourth-order valence-electron chi connectivity index (χ4n) is 1.50. The van der Waals surface area contributed by atoms with Crippen molar-refractivity contribution in [1.29, 1.82) is 0 Å². The number of halogens is 2. The van der Waals surface area contributed by atoms with Crippen LogP contribution in [0.5, 0.6) is 0 Å². The minimum atomic E-state index is -0.651. The molecule has 0 atom stereocenters. The van der Waals surface area contributed by atoms with Crippen molar-refractivity contribution in [3.8, 4) is 0 Å². The Morgan fingerprint density at radius 2 is 1.50 bits per heavy atom. The SMILES string of the molecule is O=C(C(=O)c1ccccc1Br)c1ccc(F)cc1. The maximum absolute atomic E-state index is 12.7. The van der Waals surface area contributed by atoms with Crippen LogP contribution < -0.4 is 0 Å². The van der Waals surface area contributed by atoms with Crippen LogP contribution in [0, 0.1) is 5.82 Å². The number of ketones is 2. The zero-order chi connectivity index (χ0) is 13.1. The van der Waals surface area contributed by atoms with E-state index in [1.807, 2.05) is 0 Å². The van der Waals surface area contributed by atoms with E-state index in [0.29, 0.717) is 10.0 Å². The van der Waals surface area contributed by atoms with Gasteiger partial charge in [-0.3, -0.25) is 9.59 Å². The van der Waals surface area contributed by atoms with E-state index in [2.05, 4.69) is 15.9 Å². The summed E-state index contributed by atoms with van der Waals surface area (Å²) in [7, 11) is 0. The van der Waals surface area contributed by atoms with Crippen molar-refractivity contribution in [2.75, 3.05) is 0 Å². The molecule has 0 fully saturated rings. The molecular formula is C14H8BrFO2. The van der Waals surface area contributed by atoms with Crippen LogP contribution in [0.3, 0.4) is 0 Å². The zero-order valence-corrected chi connectivity index (χ0v) is 10.8. The number of benzene rings is 2. The molecule has 0 saturated carbocycles. The molecule has 4 heteroatoms. The van der Waals surface area contributed by atoms with Crippen LogP contribution in [-0.2, 0) is 0 Å². The van der Waals surface area contributed by atoms with E-state index >= 15 is 0 Å². The Balaban J connectivity index is 2.33. The van der Waals surface area contributed by atoms with Gasteiger partial charge in [0, 0.05) is 15.6 Å². The van der Waals surface area contributed by atoms with Crippen molar-refractivity contribution in [2.45, 2.75) is 0 Å². The molecule has 2 aromatic carbocycles. The monoisotopic (exact) mass is 306 g/mol. The Morgan fingerprint density at radius 1 is 0.889 bits per heavy atom. The molecule has 0 bridgehead atoms. The van der Waals surface area contributed by atoms with Gasteiger partial charge in [-0.15, -0.1) is 0 Å². The van der Waals surface area contributed by atoms with Gasteiger partial charge in [0.25, 0.3) is 0 Å². The summed E-state index contributed by atoms with van der Waals surface area (Å²) in [6.45, 7) is 0. The molecule has 2 nitrogen and oxygen atoms in total. The summed E-state index contributed by atoms with van der Waals surface area (Å²) in [5, 5.41) is 0. The Bertz CT molecular complexity index is 605. The van der Waals surface area contributed by atoms with Crippen molar-refractivity contribution < 1.29 is 14.0 Å². The molecule has 2 aromatic rings. The summed E-state index contributed by atoms with van der Waals surface area (Å²) in [5.41, 5.74) is 0.476. The first-order valence-electron chi connectivity index (χ1n) is 5.18. The number of hydrogen-bond acceptors (Lipinski definition) is 2. The standard InChI is InChI=1S/C14H8BrFO2/c15-12-4-2-1-3-11(12)14(18)13(17)9-5-7-10(16)8-6-9/h1-8H. The Morgan fingerprint density at radius 3 is 2.11 bits per heavy atom. The van der Waals surface area contributed by atoms with Gasteiger partial charge in [0.05, 0.1) is 0 Å². The normalized spacial score (nSPS) is 10.1. The van der Waals surface area contributed by atoms with E-state index in [1.54, 1.807) is 24.3 Å². The molecule has 0 heterocycles. The fraction of sp³-hybridized carbons (Fsp3) is 0. The highest BCUT2D eigenvalue weighted by Gasteiger charge is 2.19. The molecular weight excluding hydrogens is 299 g/mol. The Hall–Kier alpha value is -1.81. The largest absolute Gasteiger partial charge is 0.285 e. The highest BCUT2D eigenvalue weighted by atomic mass is 79.9. The van der Waals surface area contributed by atoms with Gasteiger partial charge in [-0.05, 0) is 36.4 Å². The van der Waals surface area contributed by atoms with Gasteiger partial charge >= 0.3 is 0 Å². The van der Waals surface area contributed by atoms with Crippen LogP contribution in [0.2, 0.25) is 0 Å². The van der Waals surface area contributed by atoms with E-state index in [4.69, 9.17) is 0 Å². The number of Topliss-reactive ketones (excluding diaryl/α,β-unsaturated/α-hetero) is 2. The second kappa shape index (κ2) is 5.23. The maximum atomic E-state index is 12.7. The van der Waals surface area contributed by atoms with Crippen molar-refractivity contribution in [1.82, 2.24) is 0 Å². The minimum absolute atomic E-state index is 0.178. The van der Waals surface area contributed by atoms with Gasteiger partial charge in [0.1, 0.15) is 5.82 Å². The lowest BCUT2D eigenvalue weighted by atomic mass is 10.0. The molecule has 90 valence electrons. The van der Waals surface area contributed by atoms with Crippen molar-refractivity contribution in [2.24, 2.45) is 0 Å². The molecule has 0 unspecified atom stereocenters. The van der Waals surface area contributed by atoms with E-state index < -0.39 is 17.4 Å². The molecule has 0 aliphatic carbocycles. The van der Waals surface area contributed by atoms with Gasteiger partial charge in [-0.25, -0.2) is 4.39 Å². The van der Waals surface area contributed by atoms with Crippen LogP contribution in [0.4, 0.5) is 4.39 Å². The van der Waals surface area contributed by atoms with E-state index in [0.717, 1.165) is 12.1 Å². The maximum Gasteiger partial charge on any atom is 0.234 e. The van der Waals surface area contributed by atoms with Crippen LogP contribution in [0.15, 0.2) is 53.0 Å². The third kappa shape index (κ3) is 2.54. The summed E-state index contributed by atoms with van der Waals surface area (Å²) in [6, 6.07) is 11.6. The summed E-state index contributed by atoms with van der Waals surface area (Å²) in [5.74, 6) is -1.71. The second-order valence-electron chi connectivity index (χ2n) is 3.64. The third-order valence-electron chi connectivity index (χ3n) is 2.43. The molecule has 0 N–H and O–H groups in total. The van der Waals surface area contributed by atoms with Crippen LogP contribution in [0.1, 0.15) is 20.7 Å². The van der Waals surface area contributed by atoms with Crippen molar-refractivity contribution in [3.05, 3.63) is 69.9 Å². The molecule has 18 heavy (non-hydrogen) atoms. The van der Waals surface area contributed by atoms with E-state index in [-0.39, 0.29) is 5.56 Å². The first-order chi connectivity index (χ1) is 8.59. The quantitative estimate of drug-likeness (QED) is 0.640. The lowest BCUT2D eigenvalue weighted by Crippen LogP contribution is -2.14. The first-order valence-corrected chi connectivity index (χ1v) is 5.98. The summed E-state index contributed by atoms with van der Waals surface area (Å²) in [6.07, 6.45) is 0. The van der Waals surface area contributed by atoms with Crippen molar-refractivity contribution in [3.63, 3.8) is 0 Å². The lowest BCUT2D eigenvalue weighted by Gasteiger charge is -2.02. The topological polar surface area (TPSA) is 34.1 Å². The summed E-state index contributed by atoms with van der Waals surface area (Å²) in [4.78, 5) is 23.9. The molecule has 0 radical (unpaired) electrons. The average molecular weight is 307 g/mol. The third-order valence-corrected chi connectivity index (χ3v) is 3.12. The van der Waals surface area contributed by atoms with Crippen LogP contribution >= 0.6 is 15.9 Å². The molecule has 0 aliphatic rings. The summed E-state index contributed by atoms with van der Waals surface area (Å²) >= 11 is 3.22. The number of rotatable bonds is 3. The number of carbonyl (C=O) groups excluding carboxylic acids is 2. The minimum Gasteiger partial charge on any atom is -0.285 e. The van der Waals surface area contributed by atoms with Crippen LogP contribution in [-0.4, -0.2) is 11.6 Å². The average Bonchev–Trinajstić information content (AvgIpc) is 2.38. The van der Waals surface area contributed by atoms with Gasteiger partial charge in [-0.2, -0.15) is 0 Å². The summed E-state index contributed by atoms with van der Waals surface area (Å²) < 4.78 is 13.3. The predicted octanol–water partition coefficient (Wildman–Crippen LogP) is 3.65. The highest BCUT2D eigenvalue weighted by molar-refractivity contribution is 9.10. The molecule has 0 spiro atoms. The van der Waals surface area contributed by atoms with Gasteiger partial charge in [0.2, 0.25) is 11.6 Å².